The van der Waals surface area contributed by atoms with Crippen LogP contribution >= 0.6 is 34.8 Å². The Hall–Kier alpha value is -4.33. The molecule has 2 aromatic carbocycles. The van der Waals surface area contributed by atoms with Gasteiger partial charge in [0.1, 0.15) is 23.8 Å². The zero-order valence-corrected chi connectivity index (χ0v) is 29.1. The summed E-state index contributed by atoms with van der Waals surface area (Å²) in [7, 11) is 2.43. The minimum absolute atomic E-state index is 0.0229. The monoisotopic (exact) mass is 762 g/mol. The second-order valence-electron chi connectivity index (χ2n) is 13.0. The number of rotatable bonds is 6. The molecule has 16 heteroatoms. The van der Waals surface area contributed by atoms with Crippen LogP contribution in [0.5, 0.6) is 11.5 Å². The van der Waals surface area contributed by atoms with E-state index in [-0.39, 0.29) is 35.8 Å². The highest BCUT2D eigenvalue weighted by Crippen LogP contribution is 2.66. The van der Waals surface area contributed by atoms with E-state index in [9.17, 15) is 37.5 Å². The number of carbonyl (C=O) groups is 4. The highest BCUT2D eigenvalue weighted by Gasteiger charge is 2.76. The maximum absolute atomic E-state index is 14.3. The predicted octanol–water partition coefficient (Wildman–Crippen LogP) is 6.08. The number of carbonyl (C=O) groups excluding carboxylic acids is 4. The number of hydrogen-bond acceptors (Lipinski definition) is 8. The number of phenols is 1. The largest absolute Gasteiger partial charge is 0.508 e. The molecule has 1 N–H and O–H groups in total. The van der Waals surface area contributed by atoms with E-state index in [1.54, 1.807) is 12.1 Å². The van der Waals surface area contributed by atoms with Gasteiger partial charge in [0.25, 0.3) is 23.6 Å². The van der Waals surface area contributed by atoms with Crippen LogP contribution in [-0.2, 0) is 32.0 Å². The van der Waals surface area contributed by atoms with Crippen LogP contribution in [0.4, 0.5) is 19.0 Å². The van der Waals surface area contributed by atoms with Crippen molar-refractivity contribution >= 4 is 64.2 Å². The van der Waals surface area contributed by atoms with Crippen LogP contribution in [0, 0.1) is 17.8 Å². The van der Waals surface area contributed by atoms with Gasteiger partial charge in [0.15, 0.2) is 15.6 Å². The second kappa shape index (κ2) is 12.1. The molecule has 6 atom stereocenters. The minimum atomic E-state index is -4.83. The second-order valence-corrected chi connectivity index (χ2v) is 14.7. The number of ether oxygens (including phenoxy) is 1. The highest BCUT2D eigenvalue weighted by molar-refractivity contribution is 6.53. The number of allylic oxidation sites excluding steroid dienone is 2. The molecule has 10 nitrogen and oxygen atoms in total. The number of hydrazine groups is 1. The normalized spacial score (nSPS) is 28.7. The van der Waals surface area contributed by atoms with Crippen molar-refractivity contribution in [3.8, 4) is 11.5 Å². The number of pyridine rings is 1. The van der Waals surface area contributed by atoms with Gasteiger partial charge in [-0.1, -0.05) is 59.6 Å². The Balaban J connectivity index is 1.28. The molecule has 1 saturated carbocycles. The van der Waals surface area contributed by atoms with Crippen LogP contribution in [0.1, 0.15) is 35.6 Å². The number of amides is 4. The molecular formula is C35H28Cl3F3N4O6. The van der Waals surface area contributed by atoms with Gasteiger partial charge < -0.3 is 9.84 Å². The van der Waals surface area contributed by atoms with Crippen molar-refractivity contribution in [2.24, 2.45) is 17.8 Å². The van der Waals surface area contributed by atoms with Gasteiger partial charge in [-0.25, -0.2) is 4.98 Å². The maximum atomic E-state index is 14.3. The average molecular weight is 764 g/mol. The van der Waals surface area contributed by atoms with Gasteiger partial charge in [-0.15, -0.1) is 23.2 Å². The fraction of sp³-hybridized carbons (Fsp3) is 0.343. The van der Waals surface area contributed by atoms with Crippen molar-refractivity contribution in [2.75, 3.05) is 19.1 Å². The average Bonchev–Trinajstić information content (AvgIpc) is 3.42. The molecule has 4 aliphatic rings. The quantitative estimate of drug-likeness (QED) is 0.182. The molecule has 7 rings (SSSR count). The van der Waals surface area contributed by atoms with Crippen LogP contribution in [0.3, 0.4) is 0 Å². The Morgan fingerprint density at radius 2 is 1.71 bits per heavy atom. The molecular weight excluding hydrogens is 736 g/mol. The van der Waals surface area contributed by atoms with Gasteiger partial charge in [0.05, 0.1) is 16.9 Å². The third-order valence-corrected chi connectivity index (χ3v) is 12.0. The van der Waals surface area contributed by atoms with E-state index in [2.05, 4.69) is 4.98 Å². The van der Waals surface area contributed by atoms with E-state index in [4.69, 9.17) is 39.5 Å². The maximum Gasteiger partial charge on any atom is 0.433 e. The SMILES string of the molecule is CN1C(=O)[C@]2(Cl)C[C@@H]3C(=CC[C@@H]4C(=O)N(N(C)c5nc(C(F)(F)F)ccc5Cl)C(=O)[C@@H]43)[C@H](c3ccc(OCc4ccccc4)cc3O)[C@]2(Cl)C1=O. The topological polar surface area (TPSA) is 120 Å². The van der Waals surface area contributed by atoms with E-state index < -0.39 is 74.7 Å². The molecule has 2 aliphatic heterocycles. The Labute approximate surface area is 304 Å². The van der Waals surface area contributed by atoms with E-state index in [0.29, 0.717) is 22.4 Å². The summed E-state index contributed by atoms with van der Waals surface area (Å²) in [6, 6.07) is 15.4. The zero-order chi connectivity index (χ0) is 36.8. The predicted molar refractivity (Wildman–Crippen MR) is 179 cm³/mol. The molecule has 51 heavy (non-hydrogen) atoms. The number of nitrogens with zero attached hydrogens (tertiary/aromatic N) is 4. The number of aromatic hydroxyl groups is 1. The highest BCUT2D eigenvalue weighted by atomic mass is 35.5. The summed E-state index contributed by atoms with van der Waals surface area (Å²) in [5.41, 5.74) is 0.146. The summed E-state index contributed by atoms with van der Waals surface area (Å²) < 4.78 is 46.5. The first kappa shape index (κ1) is 35.1. The fourth-order valence-electron chi connectivity index (χ4n) is 7.88. The number of fused-ring (bicyclic) bond motifs is 4. The smallest absolute Gasteiger partial charge is 0.433 e. The number of benzene rings is 2. The van der Waals surface area contributed by atoms with E-state index in [1.165, 1.54) is 26.2 Å². The Bertz CT molecular complexity index is 2030. The van der Waals surface area contributed by atoms with Crippen LogP contribution in [-0.4, -0.2) is 67.5 Å². The van der Waals surface area contributed by atoms with Crippen LogP contribution in [0.25, 0.3) is 0 Å². The molecule has 266 valence electrons. The van der Waals surface area contributed by atoms with Gasteiger partial charge in [-0.3, -0.25) is 29.1 Å². The lowest BCUT2D eigenvalue weighted by Gasteiger charge is -2.50. The number of anilines is 1. The van der Waals surface area contributed by atoms with Gasteiger partial charge in [-0.05, 0) is 42.5 Å². The first-order valence-electron chi connectivity index (χ1n) is 15.8. The zero-order valence-electron chi connectivity index (χ0n) is 26.8. The summed E-state index contributed by atoms with van der Waals surface area (Å²) in [6.07, 6.45) is -3.52. The lowest BCUT2D eigenvalue weighted by Crippen LogP contribution is -2.60. The summed E-state index contributed by atoms with van der Waals surface area (Å²) in [6.45, 7) is 0.198. The molecule has 3 heterocycles. The Kier molecular flexibility index (Phi) is 8.35. The molecule has 2 saturated heterocycles. The Morgan fingerprint density at radius 1 is 1.00 bits per heavy atom. The molecule has 4 amide bonds. The molecule has 0 bridgehead atoms. The number of phenolic OH excluding ortho intramolecular Hbond substituents is 1. The third-order valence-electron chi connectivity index (χ3n) is 10.3. The van der Waals surface area contributed by atoms with Gasteiger partial charge in [-0.2, -0.15) is 18.2 Å². The summed E-state index contributed by atoms with van der Waals surface area (Å²) in [5, 5.41) is 12.8. The standard InChI is InChI=1S/C35H28Cl3F3N4O6/c1-43-31(49)33(37)15-22-19(27(34(33,38)32(43)50)20-9-8-18(14-24(20)46)51-16-17-6-4-3-5-7-17)10-11-21-26(22)30(48)45(29(21)47)44(2)28-23(36)12-13-25(42-28)35(39,40)41/h3-10,12-14,21-22,26-27,46H,11,15-16H2,1-2H3/t21-,22+,26-,27+,33+,34-/m0/s1. The first-order chi connectivity index (χ1) is 24.0. The number of imide groups is 2. The summed E-state index contributed by atoms with van der Waals surface area (Å²) in [4.78, 5) is 55.9. The van der Waals surface area contributed by atoms with Crippen molar-refractivity contribution in [2.45, 2.75) is 41.3 Å². The fourth-order valence-corrected chi connectivity index (χ4v) is 9.12. The minimum Gasteiger partial charge on any atom is -0.508 e. The van der Waals surface area contributed by atoms with Crippen molar-refractivity contribution < 1.29 is 42.2 Å². The lowest BCUT2D eigenvalue weighted by atomic mass is 9.56. The van der Waals surface area contributed by atoms with Crippen molar-refractivity contribution in [1.29, 1.82) is 0 Å². The number of halogens is 6. The molecule has 0 unspecified atom stereocenters. The Morgan fingerprint density at radius 3 is 2.37 bits per heavy atom. The van der Waals surface area contributed by atoms with E-state index in [0.717, 1.165) is 21.5 Å². The first-order valence-corrected chi connectivity index (χ1v) is 16.9. The van der Waals surface area contributed by atoms with Crippen LogP contribution < -0.4 is 9.75 Å². The summed E-state index contributed by atoms with van der Waals surface area (Å²) >= 11 is 20.6. The van der Waals surface area contributed by atoms with E-state index in [1.807, 2.05) is 30.3 Å². The third kappa shape index (κ3) is 5.18. The lowest BCUT2D eigenvalue weighted by molar-refractivity contribution is -0.141. The van der Waals surface area contributed by atoms with Gasteiger partial charge in [0, 0.05) is 31.6 Å². The van der Waals surface area contributed by atoms with Crippen LogP contribution in [0.15, 0.2) is 72.3 Å². The molecule has 2 aliphatic carbocycles. The molecule has 3 aromatic rings. The van der Waals surface area contributed by atoms with Gasteiger partial charge >= 0.3 is 6.18 Å². The van der Waals surface area contributed by atoms with Gasteiger partial charge in [0.2, 0.25) is 0 Å². The van der Waals surface area contributed by atoms with Crippen molar-refractivity contribution in [3.05, 3.63) is 94.2 Å². The van der Waals surface area contributed by atoms with Crippen molar-refractivity contribution in [3.63, 3.8) is 0 Å². The van der Waals surface area contributed by atoms with E-state index >= 15 is 0 Å². The molecule has 0 spiro atoms. The molecule has 1 aromatic heterocycles. The number of likely N-dealkylation sites (tertiary alicyclic amines) is 1. The number of alkyl halides is 5. The van der Waals surface area contributed by atoms with Crippen molar-refractivity contribution in [1.82, 2.24) is 14.9 Å². The molecule has 3 fully saturated rings. The summed E-state index contributed by atoms with van der Waals surface area (Å²) in [5.74, 6) is -7.99. The van der Waals surface area contributed by atoms with Crippen LogP contribution in [0.2, 0.25) is 5.02 Å². The number of aromatic nitrogens is 1. The molecule has 0 radical (unpaired) electrons. The number of hydrogen-bond donors (Lipinski definition) is 1.